The van der Waals surface area contributed by atoms with Crippen molar-refractivity contribution < 1.29 is 4.74 Å². The molecule has 1 N–H and O–H groups in total. The number of nitrogens with one attached hydrogen (secondary N) is 1. The van der Waals surface area contributed by atoms with Crippen molar-refractivity contribution in [2.75, 3.05) is 13.7 Å². The van der Waals surface area contributed by atoms with Crippen molar-refractivity contribution >= 4 is 11.6 Å². The van der Waals surface area contributed by atoms with Gasteiger partial charge in [0.2, 0.25) is 0 Å². The highest BCUT2D eigenvalue weighted by Crippen LogP contribution is 2.45. The molecule has 1 saturated heterocycles. The molecule has 0 amide bonds. The lowest BCUT2D eigenvalue weighted by Gasteiger charge is -2.41. The van der Waals surface area contributed by atoms with Crippen molar-refractivity contribution in [3.05, 3.63) is 34.9 Å². The van der Waals surface area contributed by atoms with Crippen LogP contribution in [0, 0.1) is 5.92 Å². The van der Waals surface area contributed by atoms with Crippen LogP contribution in [0.3, 0.4) is 0 Å². The molecule has 20 heavy (non-hydrogen) atoms. The van der Waals surface area contributed by atoms with Crippen molar-refractivity contribution in [3.8, 4) is 0 Å². The third kappa shape index (κ3) is 2.88. The topological polar surface area (TPSA) is 21.3 Å². The second-order valence-corrected chi connectivity index (χ2v) is 6.75. The number of hydrogen-bond acceptors (Lipinski definition) is 2. The number of rotatable bonds is 3. The summed E-state index contributed by atoms with van der Waals surface area (Å²) in [5.74, 6) is 0.644. The first-order chi connectivity index (χ1) is 9.72. The molecule has 3 rings (SSSR count). The minimum atomic E-state index is 0.177. The summed E-state index contributed by atoms with van der Waals surface area (Å²) in [6, 6.07) is 8.66. The third-order valence-electron chi connectivity index (χ3n) is 5.04. The largest absolute Gasteiger partial charge is 0.375 e. The summed E-state index contributed by atoms with van der Waals surface area (Å²) >= 11 is 6.15. The smallest absolute Gasteiger partial charge is 0.0686 e. The SMILES string of the molecule is CNC(c1cccc(Cl)c1)C1CCOC2(CCCC2)C1. The summed E-state index contributed by atoms with van der Waals surface area (Å²) < 4.78 is 6.16. The second kappa shape index (κ2) is 6.05. The molecular weight excluding hydrogens is 270 g/mol. The van der Waals surface area contributed by atoms with Crippen molar-refractivity contribution in [1.82, 2.24) is 5.32 Å². The Morgan fingerprint density at radius 2 is 2.15 bits per heavy atom. The summed E-state index contributed by atoms with van der Waals surface area (Å²) in [5, 5.41) is 4.33. The van der Waals surface area contributed by atoms with Gasteiger partial charge in [-0.1, -0.05) is 36.6 Å². The van der Waals surface area contributed by atoms with Crippen LogP contribution in [0.1, 0.15) is 50.1 Å². The van der Waals surface area contributed by atoms with Crippen molar-refractivity contribution in [3.63, 3.8) is 0 Å². The lowest BCUT2D eigenvalue weighted by Crippen LogP contribution is -2.41. The Morgan fingerprint density at radius 3 is 2.85 bits per heavy atom. The minimum absolute atomic E-state index is 0.177. The number of hydrogen-bond donors (Lipinski definition) is 1. The van der Waals surface area contributed by atoms with Crippen molar-refractivity contribution in [2.24, 2.45) is 5.92 Å². The van der Waals surface area contributed by atoms with Crippen LogP contribution in [-0.2, 0) is 4.74 Å². The fourth-order valence-corrected chi connectivity index (χ4v) is 4.29. The van der Waals surface area contributed by atoms with Crippen LogP contribution in [-0.4, -0.2) is 19.3 Å². The van der Waals surface area contributed by atoms with Gasteiger partial charge in [-0.05, 0) is 56.3 Å². The summed E-state index contributed by atoms with van der Waals surface area (Å²) in [5.41, 5.74) is 1.48. The first kappa shape index (κ1) is 14.4. The molecule has 2 unspecified atom stereocenters. The van der Waals surface area contributed by atoms with E-state index >= 15 is 0 Å². The summed E-state index contributed by atoms with van der Waals surface area (Å²) in [7, 11) is 2.06. The first-order valence-electron chi connectivity index (χ1n) is 7.79. The van der Waals surface area contributed by atoms with Crippen LogP contribution in [0.25, 0.3) is 0 Å². The lowest BCUT2D eigenvalue weighted by atomic mass is 9.78. The Balaban J connectivity index is 1.78. The van der Waals surface area contributed by atoms with E-state index in [-0.39, 0.29) is 5.60 Å². The summed E-state index contributed by atoms with van der Waals surface area (Å²) in [6.07, 6.45) is 7.47. The first-order valence-corrected chi connectivity index (χ1v) is 8.17. The second-order valence-electron chi connectivity index (χ2n) is 6.31. The zero-order valence-electron chi connectivity index (χ0n) is 12.2. The van der Waals surface area contributed by atoms with Gasteiger partial charge in [0.25, 0.3) is 0 Å². The summed E-state index contributed by atoms with van der Waals surface area (Å²) in [4.78, 5) is 0. The average Bonchev–Trinajstić information content (AvgIpc) is 2.88. The molecular formula is C17H24ClNO. The zero-order valence-corrected chi connectivity index (χ0v) is 13.0. The van der Waals surface area contributed by atoms with E-state index in [4.69, 9.17) is 16.3 Å². The van der Waals surface area contributed by atoms with Crippen LogP contribution in [0.15, 0.2) is 24.3 Å². The van der Waals surface area contributed by atoms with Gasteiger partial charge >= 0.3 is 0 Å². The monoisotopic (exact) mass is 293 g/mol. The quantitative estimate of drug-likeness (QED) is 0.895. The predicted octanol–water partition coefficient (Wildman–Crippen LogP) is 4.34. The van der Waals surface area contributed by atoms with Crippen molar-refractivity contribution in [1.29, 1.82) is 0 Å². The normalized spacial score (nSPS) is 26.8. The molecule has 0 bridgehead atoms. The van der Waals surface area contributed by atoms with E-state index in [0.29, 0.717) is 12.0 Å². The molecule has 1 heterocycles. The molecule has 2 nitrogen and oxygen atoms in total. The fourth-order valence-electron chi connectivity index (χ4n) is 4.09. The van der Waals surface area contributed by atoms with Gasteiger partial charge in [-0.15, -0.1) is 0 Å². The highest BCUT2D eigenvalue weighted by atomic mass is 35.5. The average molecular weight is 294 g/mol. The maximum Gasteiger partial charge on any atom is 0.0686 e. The van der Waals surface area contributed by atoms with E-state index in [1.165, 1.54) is 37.7 Å². The van der Waals surface area contributed by atoms with E-state index in [1.54, 1.807) is 0 Å². The van der Waals surface area contributed by atoms with E-state index in [9.17, 15) is 0 Å². The summed E-state index contributed by atoms with van der Waals surface area (Å²) in [6.45, 7) is 0.906. The highest BCUT2D eigenvalue weighted by Gasteiger charge is 2.41. The molecule has 1 aliphatic heterocycles. The Kier molecular flexibility index (Phi) is 4.34. The van der Waals surface area contributed by atoms with Gasteiger partial charge in [0, 0.05) is 17.7 Å². The standard InChI is InChI=1S/C17H24ClNO/c1-19-16(13-5-4-6-15(18)11-13)14-7-10-20-17(12-14)8-2-3-9-17/h4-6,11,14,16,19H,2-3,7-10,12H2,1H3. The van der Waals surface area contributed by atoms with E-state index in [0.717, 1.165) is 18.1 Å². The van der Waals surface area contributed by atoms with Crippen LogP contribution in [0.4, 0.5) is 0 Å². The Hall–Kier alpha value is -0.570. The van der Waals surface area contributed by atoms with Crippen LogP contribution >= 0.6 is 11.6 Å². The molecule has 1 aromatic carbocycles. The molecule has 1 aromatic rings. The Labute approximate surface area is 126 Å². The molecule has 1 aliphatic carbocycles. The Morgan fingerprint density at radius 1 is 1.35 bits per heavy atom. The fraction of sp³-hybridized carbons (Fsp3) is 0.647. The van der Waals surface area contributed by atoms with Crippen LogP contribution < -0.4 is 5.32 Å². The van der Waals surface area contributed by atoms with Gasteiger partial charge < -0.3 is 10.1 Å². The highest BCUT2D eigenvalue weighted by molar-refractivity contribution is 6.30. The molecule has 110 valence electrons. The molecule has 2 aliphatic rings. The molecule has 0 radical (unpaired) electrons. The van der Waals surface area contributed by atoms with Gasteiger partial charge in [-0.2, -0.15) is 0 Å². The predicted molar refractivity (Wildman–Crippen MR) is 83.1 cm³/mol. The number of halogens is 1. The Bertz CT molecular complexity index is 456. The maximum absolute atomic E-state index is 6.16. The molecule has 2 fully saturated rings. The van der Waals surface area contributed by atoms with Crippen LogP contribution in [0.5, 0.6) is 0 Å². The maximum atomic E-state index is 6.16. The number of ether oxygens (including phenoxy) is 1. The van der Waals surface area contributed by atoms with Crippen molar-refractivity contribution in [2.45, 2.75) is 50.2 Å². The minimum Gasteiger partial charge on any atom is -0.375 e. The zero-order chi connectivity index (χ0) is 14.0. The van der Waals surface area contributed by atoms with Gasteiger partial charge in [-0.3, -0.25) is 0 Å². The van der Waals surface area contributed by atoms with E-state index < -0.39 is 0 Å². The third-order valence-corrected chi connectivity index (χ3v) is 5.27. The van der Waals surface area contributed by atoms with Gasteiger partial charge in [0.15, 0.2) is 0 Å². The van der Waals surface area contributed by atoms with Gasteiger partial charge in [-0.25, -0.2) is 0 Å². The van der Waals surface area contributed by atoms with Gasteiger partial charge in [0.1, 0.15) is 0 Å². The molecule has 2 atom stereocenters. The number of benzene rings is 1. The molecule has 1 spiro atoms. The van der Waals surface area contributed by atoms with Gasteiger partial charge in [0.05, 0.1) is 5.60 Å². The van der Waals surface area contributed by atoms with E-state index in [1.807, 2.05) is 12.1 Å². The molecule has 1 saturated carbocycles. The lowest BCUT2D eigenvalue weighted by molar-refractivity contribution is -0.0978. The molecule has 3 heteroatoms. The van der Waals surface area contributed by atoms with E-state index in [2.05, 4.69) is 24.5 Å². The molecule has 0 aromatic heterocycles. The van der Waals surface area contributed by atoms with Crippen LogP contribution in [0.2, 0.25) is 5.02 Å².